The topological polar surface area (TPSA) is 142 Å². The lowest BCUT2D eigenvalue weighted by Crippen LogP contribution is -2.54. The molecule has 224 valence electrons. The van der Waals surface area contributed by atoms with Crippen LogP contribution in [0.1, 0.15) is 58.9 Å². The molecule has 2 aromatic carbocycles. The van der Waals surface area contributed by atoms with Crippen molar-refractivity contribution in [3.05, 3.63) is 72.2 Å². The molecule has 4 amide bonds. The molecular weight excluding hydrogens is 560 g/mol. The molecule has 3 aliphatic heterocycles. The smallest absolute Gasteiger partial charge is 0.262 e. The van der Waals surface area contributed by atoms with Crippen LogP contribution in [0.2, 0.25) is 0 Å². The molecular formula is C32H32N8O4. The fraction of sp³-hybridized carbons (Fsp3) is 0.344. The first-order valence-corrected chi connectivity index (χ1v) is 15.0. The third kappa shape index (κ3) is 5.32. The summed E-state index contributed by atoms with van der Waals surface area (Å²) in [5, 5.41) is 10.3. The molecule has 2 fully saturated rings. The molecule has 2 aromatic heterocycles. The maximum Gasteiger partial charge on any atom is 0.262 e. The van der Waals surface area contributed by atoms with Gasteiger partial charge in [-0.05, 0) is 69.1 Å². The SMILES string of the molecule is O=C1CCC(N2C(=O)c3ccc(NCCCN4CCCC(n5cc(-c6cnc7ccccc7n6)cn5)C4)cc3C2=O)C(=O)N1. The molecule has 2 saturated heterocycles. The van der Waals surface area contributed by atoms with Crippen LogP contribution >= 0.6 is 0 Å². The van der Waals surface area contributed by atoms with E-state index in [9.17, 15) is 19.2 Å². The van der Waals surface area contributed by atoms with E-state index in [0.717, 1.165) is 71.8 Å². The number of benzene rings is 2. The number of carbonyl (C=O) groups is 4. The molecule has 0 spiro atoms. The van der Waals surface area contributed by atoms with Gasteiger partial charge in [-0.3, -0.25) is 39.1 Å². The molecule has 12 heteroatoms. The summed E-state index contributed by atoms with van der Waals surface area (Å²) in [6, 6.07) is 12.2. The van der Waals surface area contributed by atoms with Gasteiger partial charge in [0.25, 0.3) is 11.8 Å². The van der Waals surface area contributed by atoms with Crippen LogP contribution < -0.4 is 10.6 Å². The highest BCUT2D eigenvalue weighted by molar-refractivity contribution is 6.23. The van der Waals surface area contributed by atoms with Crippen LogP contribution in [0, 0.1) is 0 Å². The summed E-state index contributed by atoms with van der Waals surface area (Å²) >= 11 is 0. The molecule has 3 aliphatic rings. The Balaban J connectivity index is 0.922. The van der Waals surface area contributed by atoms with Crippen LogP contribution in [0.15, 0.2) is 61.1 Å². The first kappa shape index (κ1) is 27.8. The minimum absolute atomic E-state index is 0.0951. The van der Waals surface area contributed by atoms with Gasteiger partial charge in [-0.1, -0.05) is 12.1 Å². The number of aromatic nitrogens is 4. The number of fused-ring (bicyclic) bond motifs is 2. The summed E-state index contributed by atoms with van der Waals surface area (Å²) < 4.78 is 2.05. The van der Waals surface area contributed by atoms with Crippen LogP contribution in [-0.4, -0.2) is 85.4 Å². The summed E-state index contributed by atoms with van der Waals surface area (Å²) in [5.74, 6) is -2.00. The Bertz CT molecular complexity index is 1780. The molecule has 7 rings (SSSR count). The zero-order chi connectivity index (χ0) is 30.2. The van der Waals surface area contributed by atoms with Crippen LogP contribution in [0.25, 0.3) is 22.3 Å². The van der Waals surface area contributed by atoms with E-state index < -0.39 is 29.7 Å². The Hall–Kier alpha value is -4.97. The number of anilines is 1. The molecule has 2 atom stereocenters. The Morgan fingerprint density at radius 3 is 2.66 bits per heavy atom. The normalized spacial score (nSPS) is 20.7. The van der Waals surface area contributed by atoms with Crippen molar-refractivity contribution in [3.8, 4) is 11.3 Å². The summed E-state index contributed by atoms with van der Waals surface area (Å²) in [6.07, 6.45) is 9.02. The van der Waals surface area contributed by atoms with Crippen molar-refractivity contribution in [1.82, 2.24) is 34.9 Å². The average molecular weight is 593 g/mol. The van der Waals surface area contributed by atoms with Crippen LogP contribution in [0.5, 0.6) is 0 Å². The number of para-hydroxylation sites is 2. The van der Waals surface area contributed by atoms with Crippen molar-refractivity contribution in [2.24, 2.45) is 0 Å². The summed E-state index contributed by atoms with van der Waals surface area (Å²) in [7, 11) is 0. The number of likely N-dealkylation sites (tertiary alicyclic amines) is 1. The Morgan fingerprint density at radius 1 is 0.955 bits per heavy atom. The minimum atomic E-state index is -0.967. The van der Waals surface area contributed by atoms with Gasteiger partial charge >= 0.3 is 0 Å². The number of nitrogens with zero attached hydrogens (tertiary/aromatic N) is 6. The van der Waals surface area contributed by atoms with E-state index in [-0.39, 0.29) is 30.0 Å². The second-order valence-corrected chi connectivity index (χ2v) is 11.5. The first-order chi connectivity index (χ1) is 21.4. The fourth-order valence-electron chi connectivity index (χ4n) is 6.33. The van der Waals surface area contributed by atoms with Crippen molar-refractivity contribution in [2.45, 2.75) is 44.2 Å². The van der Waals surface area contributed by atoms with Crippen LogP contribution in [0.4, 0.5) is 5.69 Å². The van der Waals surface area contributed by atoms with Crippen molar-refractivity contribution in [2.75, 3.05) is 31.5 Å². The van der Waals surface area contributed by atoms with Crippen molar-refractivity contribution in [1.29, 1.82) is 0 Å². The van der Waals surface area contributed by atoms with Crippen molar-refractivity contribution >= 4 is 40.3 Å². The highest BCUT2D eigenvalue weighted by Gasteiger charge is 2.44. The predicted molar refractivity (Wildman–Crippen MR) is 162 cm³/mol. The lowest BCUT2D eigenvalue weighted by molar-refractivity contribution is -0.136. The van der Waals surface area contributed by atoms with Gasteiger partial charge in [0.1, 0.15) is 6.04 Å². The summed E-state index contributed by atoms with van der Waals surface area (Å²) in [4.78, 5) is 62.6. The molecule has 0 radical (unpaired) electrons. The van der Waals surface area contributed by atoms with E-state index in [1.165, 1.54) is 0 Å². The highest BCUT2D eigenvalue weighted by atomic mass is 16.2. The van der Waals surface area contributed by atoms with Gasteiger partial charge in [-0.2, -0.15) is 5.10 Å². The standard InChI is InChI=1S/C32H32N8O4/c41-29-11-10-28(30(42)37-29)40-31(43)23-9-8-21(15-24(23)32(40)44)33-12-4-14-38-13-3-5-22(19-38)39-18-20(16-35-39)27-17-34-25-6-1-2-7-26(25)36-27/h1-2,6-9,15-18,22,28,33H,3-5,10-14,19H2,(H,37,41,42). The van der Waals surface area contributed by atoms with Gasteiger partial charge in [-0.15, -0.1) is 0 Å². The number of imide groups is 2. The molecule has 4 aromatic rings. The van der Waals surface area contributed by atoms with E-state index in [1.54, 1.807) is 24.4 Å². The number of amides is 4. The van der Waals surface area contributed by atoms with Gasteiger partial charge in [0.2, 0.25) is 11.8 Å². The van der Waals surface area contributed by atoms with E-state index in [1.807, 2.05) is 30.5 Å². The Labute approximate surface area is 253 Å². The van der Waals surface area contributed by atoms with Crippen molar-refractivity contribution < 1.29 is 19.2 Å². The number of hydrogen-bond acceptors (Lipinski definition) is 9. The molecule has 44 heavy (non-hydrogen) atoms. The molecule has 2 unspecified atom stereocenters. The summed E-state index contributed by atoms with van der Waals surface area (Å²) in [5.41, 5.74) is 4.80. The average Bonchev–Trinajstić information content (AvgIpc) is 3.63. The first-order valence-electron chi connectivity index (χ1n) is 15.0. The van der Waals surface area contributed by atoms with E-state index in [2.05, 4.69) is 36.5 Å². The van der Waals surface area contributed by atoms with Gasteiger partial charge in [0.05, 0.1) is 46.3 Å². The maximum atomic E-state index is 13.1. The number of carbonyl (C=O) groups excluding carboxylic acids is 4. The molecule has 0 saturated carbocycles. The lowest BCUT2D eigenvalue weighted by Gasteiger charge is -2.32. The zero-order valence-electron chi connectivity index (χ0n) is 24.1. The number of hydrogen-bond donors (Lipinski definition) is 2. The van der Waals surface area contributed by atoms with Crippen LogP contribution in [0.3, 0.4) is 0 Å². The van der Waals surface area contributed by atoms with Gasteiger partial charge < -0.3 is 10.2 Å². The molecule has 0 aliphatic carbocycles. The molecule has 2 N–H and O–H groups in total. The number of nitrogens with one attached hydrogen (secondary N) is 2. The quantitative estimate of drug-likeness (QED) is 0.233. The Kier molecular flexibility index (Phi) is 7.34. The van der Waals surface area contributed by atoms with E-state index >= 15 is 0 Å². The highest BCUT2D eigenvalue weighted by Crippen LogP contribution is 2.30. The van der Waals surface area contributed by atoms with E-state index in [0.29, 0.717) is 6.54 Å². The van der Waals surface area contributed by atoms with Gasteiger partial charge in [0.15, 0.2) is 0 Å². The third-order valence-electron chi connectivity index (χ3n) is 8.62. The minimum Gasteiger partial charge on any atom is -0.385 e. The van der Waals surface area contributed by atoms with Gasteiger partial charge in [-0.25, -0.2) is 4.98 Å². The van der Waals surface area contributed by atoms with E-state index in [4.69, 9.17) is 4.98 Å². The second-order valence-electron chi connectivity index (χ2n) is 11.5. The van der Waals surface area contributed by atoms with Crippen molar-refractivity contribution in [3.63, 3.8) is 0 Å². The largest absolute Gasteiger partial charge is 0.385 e. The third-order valence-corrected chi connectivity index (χ3v) is 8.62. The molecule has 5 heterocycles. The molecule has 0 bridgehead atoms. The monoisotopic (exact) mass is 592 g/mol. The second kappa shape index (κ2) is 11.6. The predicted octanol–water partition coefficient (Wildman–Crippen LogP) is 3.03. The number of piperidine rings is 2. The maximum absolute atomic E-state index is 13.1. The lowest BCUT2D eigenvalue weighted by atomic mass is 10.0. The zero-order valence-corrected chi connectivity index (χ0v) is 24.1. The van der Waals surface area contributed by atoms with Gasteiger partial charge in [0, 0.05) is 37.0 Å². The summed E-state index contributed by atoms with van der Waals surface area (Å²) in [6.45, 7) is 3.56. The number of rotatable bonds is 8. The van der Waals surface area contributed by atoms with Crippen LogP contribution in [-0.2, 0) is 9.59 Å². The Morgan fingerprint density at radius 2 is 1.80 bits per heavy atom. The fourth-order valence-corrected chi connectivity index (χ4v) is 6.33. The molecule has 12 nitrogen and oxygen atoms in total.